The number of hydrazone groups is 1. The van der Waals surface area contributed by atoms with Gasteiger partial charge in [-0.25, -0.2) is 0 Å². The van der Waals surface area contributed by atoms with Crippen LogP contribution in [0.1, 0.15) is 45.2 Å². The minimum Gasteiger partial charge on any atom is -0.488 e. The van der Waals surface area contributed by atoms with Crippen LogP contribution >= 0.6 is 39.1 Å². The van der Waals surface area contributed by atoms with E-state index >= 15 is 0 Å². The molecule has 198 valence electrons. The third-order valence-electron chi connectivity index (χ3n) is 8.10. The van der Waals surface area contributed by atoms with Gasteiger partial charge in [-0.2, -0.15) is 10.1 Å². The fourth-order valence-electron chi connectivity index (χ4n) is 6.41. The van der Waals surface area contributed by atoms with E-state index in [4.69, 9.17) is 27.9 Å². The molecule has 40 heavy (non-hydrogen) atoms. The highest BCUT2D eigenvalue weighted by Crippen LogP contribution is 2.60. The second-order valence-electron chi connectivity index (χ2n) is 10.2. The fourth-order valence-corrected chi connectivity index (χ4v) is 7.38. The SMILES string of the molecule is O=C1[C@H]2C3c4ccccc4C(c4ccccc43)[C@@H]2C(=O)N1/N=C\c1ccc(OCc2ccc(Cl)cc2Cl)c(Br)c1. The summed E-state index contributed by atoms with van der Waals surface area (Å²) in [4.78, 5) is 27.4. The number of nitrogens with zero attached hydrogens (tertiary/aromatic N) is 2. The van der Waals surface area contributed by atoms with Crippen LogP contribution in [0.15, 0.2) is 94.5 Å². The molecule has 2 atom stereocenters. The first-order valence-electron chi connectivity index (χ1n) is 12.9. The van der Waals surface area contributed by atoms with Crippen LogP contribution in [-0.2, 0) is 16.2 Å². The Hall–Kier alpha value is -3.45. The summed E-state index contributed by atoms with van der Waals surface area (Å²) in [5.41, 5.74) is 6.08. The van der Waals surface area contributed by atoms with Crippen molar-refractivity contribution in [2.45, 2.75) is 18.4 Å². The molecule has 8 heteroatoms. The molecule has 2 amide bonds. The summed E-state index contributed by atoms with van der Waals surface area (Å²) in [6.45, 7) is 0.273. The van der Waals surface area contributed by atoms with Gasteiger partial charge in [-0.05, 0) is 74.1 Å². The molecule has 4 aliphatic rings. The zero-order chi connectivity index (χ0) is 27.5. The number of benzene rings is 4. The summed E-state index contributed by atoms with van der Waals surface area (Å²) in [5.74, 6) is -1.09. The summed E-state index contributed by atoms with van der Waals surface area (Å²) in [5, 5.41) is 6.58. The molecule has 3 aliphatic carbocycles. The maximum absolute atomic E-state index is 13.7. The number of carbonyl (C=O) groups excluding carboxylic acids is 2. The van der Waals surface area contributed by atoms with Crippen molar-refractivity contribution in [2.24, 2.45) is 16.9 Å². The van der Waals surface area contributed by atoms with Gasteiger partial charge in [0.15, 0.2) is 0 Å². The summed E-state index contributed by atoms with van der Waals surface area (Å²) in [7, 11) is 0. The van der Waals surface area contributed by atoms with Crippen LogP contribution in [0.3, 0.4) is 0 Å². The summed E-state index contributed by atoms with van der Waals surface area (Å²) in [6, 6.07) is 27.1. The molecule has 4 aromatic carbocycles. The van der Waals surface area contributed by atoms with Crippen molar-refractivity contribution < 1.29 is 14.3 Å². The van der Waals surface area contributed by atoms with Gasteiger partial charge in [0, 0.05) is 27.4 Å². The van der Waals surface area contributed by atoms with Crippen LogP contribution in [0.5, 0.6) is 5.75 Å². The lowest BCUT2D eigenvalue weighted by Crippen LogP contribution is -2.41. The number of ether oxygens (including phenoxy) is 1. The van der Waals surface area contributed by atoms with E-state index in [2.05, 4.69) is 45.3 Å². The van der Waals surface area contributed by atoms with Gasteiger partial charge >= 0.3 is 0 Å². The van der Waals surface area contributed by atoms with E-state index in [0.29, 0.717) is 25.8 Å². The molecule has 0 saturated carbocycles. The van der Waals surface area contributed by atoms with Gasteiger partial charge in [-0.3, -0.25) is 9.59 Å². The molecule has 8 rings (SSSR count). The number of imide groups is 1. The van der Waals surface area contributed by atoms with Crippen molar-refractivity contribution in [1.82, 2.24) is 5.01 Å². The van der Waals surface area contributed by atoms with E-state index in [9.17, 15) is 9.59 Å². The third-order valence-corrected chi connectivity index (χ3v) is 9.31. The van der Waals surface area contributed by atoms with Gasteiger partial charge in [0.25, 0.3) is 11.8 Å². The van der Waals surface area contributed by atoms with E-state index in [1.807, 2.05) is 42.5 Å². The quantitative estimate of drug-likeness (QED) is 0.169. The number of carbonyl (C=O) groups is 2. The standard InChI is InChI=1S/C32H21BrCl2N2O3/c33-24-13-17(9-12-26(24)40-16-18-10-11-19(34)14-25(18)35)15-36-37-31(38)29-27-20-5-1-2-6-21(20)28(30(29)32(37)39)23-8-4-3-7-22(23)27/h1-15,27-30H,16H2/b36-15-/t27?,28?,29-,30-/m0/s1. The van der Waals surface area contributed by atoms with Crippen LogP contribution in [0.4, 0.5) is 0 Å². The van der Waals surface area contributed by atoms with Crippen LogP contribution < -0.4 is 4.74 Å². The molecular weight excluding hydrogens is 611 g/mol. The number of amides is 2. The zero-order valence-electron chi connectivity index (χ0n) is 20.9. The summed E-state index contributed by atoms with van der Waals surface area (Å²) >= 11 is 15.8. The Morgan fingerprint density at radius 1 is 0.800 bits per heavy atom. The zero-order valence-corrected chi connectivity index (χ0v) is 24.0. The Kier molecular flexibility index (Phi) is 6.30. The van der Waals surface area contributed by atoms with Crippen molar-refractivity contribution in [3.05, 3.63) is 133 Å². The molecule has 1 heterocycles. The number of halogens is 3. The maximum atomic E-state index is 13.7. The highest BCUT2D eigenvalue weighted by molar-refractivity contribution is 9.10. The Morgan fingerprint density at radius 3 is 1.90 bits per heavy atom. The summed E-state index contributed by atoms with van der Waals surface area (Å²) in [6.07, 6.45) is 1.54. The molecule has 0 unspecified atom stereocenters. The third kappa shape index (κ3) is 4.00. The highest BCUT2D eigenvalue weighted by Gasteiger charge is 2.61. The summed E-state index contributed by atoms with van der Waals surface area (Å²) < 4.78 is 6.64. The first-order chi connectivity index (χ1) is 19.4. The Bertz CT molecular complexity index is 1620. The van der Waals surface area contributed by atoms with E-state index in [-0.39, 0.29) is 30.3 Å². The van der Waals surface area contributed by atoms with Crippen molar-refractivity contribution in [3.8, 4) is 5.75 Å². The molecule has 1 saturated heterocycles. The van der Waals surface area contributed by atoms with E-state index < -0.39 is 11.8 Å². The predicted octanol–water partition coefficient (Wildman–Crippen LogP) is 7.56. The second-order valence-corrected chi connectivity index (χ2v) is 11.9. The van der Waals surface area contributed by atoms with E-state index in [1.54, 1.807) is 24.4 Å². The minimum absolute atomic E-state index is 0.154. The lowest BCUT2D eigenvalue weighted by molar-refractivity contribution is -0.139. The topological polar surface area (TPSA) is 59.0 Å². The Morgan fingerprint density at radius 2 is 1.38 bits per heavy atom. The average molecular weight is 632 g/mol. The Balaban J connectivity index is 1.13. The largest absolute Gasteiger partial charge is 0.488 e. The van der Waals surface area contributed by atoms with Crippen LogP contribution in [-0.4, -0.2) is 23.0 Å². The molecule has 0 N–H and O–H groups in total. The monoisotopic (exact) mass is 630 g/mol. The molecular formula is C32H21BrCl2N2O3. The molecule has 0 aromatic heterocycles. The second kappa shape index (κ2) is 9.88. The molecule has 1 aliphatic heterocycles. The average Bonchev–Trinajstić information content (AvgIpc) is 3.21. The Labute approximate surface area is 249 Å². The smallest absolute Gasteiger partial charge is 0.254 e. The van der Waals surface area contributed by atoms with E-state index in [0.717, 1.165) is 32.8 Å². The number of hydrogen-bond acceptors (Lipinski definition) is 4. The molecule has 0 radical (unpaired) electrons. The van der Waals surface area contributed by atoms with E-state index in [1.165, 1.54) is 0 Å². The van der Waals surface area contributed by atoms with Crippen LogP contribution in [0, 0.1) is 11.8 Å². The van der Waals surface area contributed by atoms with Gasteiger partial charge in [0.05, 0.1) is 22.5 Å². The van der Waals surface area contributed by atoms with Crippen LogP contribution in [0.2, 0.25) is 10.0 Å². The van der Waals surface area contributed by atoms with Crippen LogP contribution in [0.25, 0.3) is 0 Å². The van der Waals surface area contributed by atoms with Crippen molar-refractivity contribution >= 4 is 57.2 Å². The highest BCUT2D eigenvalue weighted by atomic mass is 79.9. The fraction of sp³-hybridized carbons (Fsp3) is 0.156. The van der Waals surface area contributed by atoms with Gasteiger partial charge < -0.3 is 4.74 Å². The molecule has 4 aromatic rings. The predicted molar refractivity (Wildman–Crippen MR) is 158 cm³/mol. The lowest BCUT2D eigenvalue weighted by atomic mass is 9.55. The molecule has 1 fully saturated rings. The van der Waals surface area contributed by atoms with Crippen molar-refractivity contribution in [3.63, 3.8) is 0 Å². The number of rotatable bonds is 5. The maximum Gasteiger partial charge on any atom is 0.254 e. The molecule has 5 nitrogen and oxygen atoms in total. The lowest BCUT2D eigenvalue weighted by Gasteiger charge is -2.45. The van der Waals surface area contributed by atoms with Gasteiger partial charge in [-0.15, -0.1) is 0 Å². The van der Waals surface area contributed by atoms with Gasteiger partial charge in [-0.1, -0.05) is 77.8 Å². The normalized spacial score (nSPS) is 22.4. The van der Waals surface area contributed by atoms with Crippen molar-refractivity contribution in [2.75, 3.05) is 0 Å². The number of hydrogen-bond donors (Lipinski definition) is 0. The molecule has 2 bridgehead atoms. The minimum atomic E-state index is -0.457. The van der Waals surface area contributed by atoms with Gasteiger partial charge in [0.1, 0.15) is 12.4 Å². The van der Waals surface area contributed by atoms with Crippen molar-refractivity contribution in [1.29, 1.82) is 0 Å². The first-order valence-corrected chi connectivity index (χ1v) is 14.4. The molecule has 0 spiro atoms. The first kappa shape index (κ1) is 25.5. The van der Waals surface area contributed by atoms with Gasteiger partial charge in [0.2, 0.25) is 0 Å².